The monoisotopic (exact) mass is 330 g/mol. The van der Waals surface area contributed by atoms with Crippen molar-refractivity contribution in [3.05, 3.63) is 35.4 Å². The largest absolute Gasteiger partial charge is 0.302 e. The zero-order chi connectivity index (χ0) is 17.9. The summed E-state index contributed by atoms with van der Waals surface area (Å²) in [6.45, 7) is 9.92. The maximum absolute atomic E-state index is 12.3. The maximum atomic E-state index is 12.3. The highest BCUT2D eigenvalue weighted by Gasteiger charge is 2.34. The van der Waals surface area contributed by atoms with E-state index in [1.54, 1.807) is 24.3 Å². The van der Waals surface area contributed by atoms with Crippen LogP contribution in [0.2, 0.25) is 0 Å². The number of carbonyl (C=O) groups is 3. The predicted octanol–water partition coefficient (Wildman–Crippen LogP) is 2.61. The maximum Gasteiger partial charge on any atom is 0.261 e. The molecule has 0 N–H and O–H groups in total. The van der Waals surface area contributed by atoms with Gasteiger partial charge in [-0.3, -0.25) is 19.4 Å². The van der Waals surface area contributed by atoms with Gasteiger partial charge in [0.1, 0.15) is 6.29 Å². The number of amides is 2. The van der Waals surface area contributed by atoms with Gasteiger partial charge in [0.05, 0.1) is 17.7 Å². The molecule has 0 fully saturated rings. The van der Waals surface area contributed by atoms with Gasteiger partial charge < -0.3 is 4.79 Å². The summed E-state index contributed by atoms with van der Waals surface area (Å²) in [5.74, 6) is -0.442. The summed E-state index contributed by atoms with van der Waals surface area (Å²) in [6, 6.07) is 7.14. The summed E-state index contributed by atoms with van der Waals surface area (Å²) in [5, 5.41) is 0. The minimum absolute atomic E-state index is 0.0541. The Morgan fingerprint density at radius 1 is 1.12 bits per heavy atom. The minimum atomic E-state index is -0.221. The molecule has 1 heterocycles. The molecule has 0 bridgehead atoms. The van der Waals surface area contributed by atoms with E-state index in [1.807, 2.05) is 0 Å². The molecule has 0 aromatic heterocycles. The first-order valence-corrected chi connectivity index (χ1v) is 8.40. The van der Waals surface area contributed by atoms with Crippen molar-refractivity contribution in [1.29, 1.82) is 0 Å². The van der Waals surface area contributed by atoms with E-state index < -0.39 is 0 Å². The highest BCUT2D eigenvalue weighted by atomic mass is 16.2. The zero-order valence-corrected chi connectivity index (χ0v) is 14.9. The third-order valence-corrected chi connectivity index (χ3v) is 4.82. The van der Waals surface area contributed by atoms with Gasteiger partial charge in [-0.05, 0) is 30.9 Å². The first-order chi connectivity index (χ1) is 11.3. The molecular weight excluding hydrogens is 304 g/mol. The Hall–Kier alpha value is -2.01. The molecular formula is C19H26N2O3. The molecule has 1 aliphatic rings. The van der Waals surface area contributed by atoms with Crippen molar-refractivity contribution in [2.24, 2.45) is 5.41 Å². The fourth-order valence-corrected chi connectivity index (χ4v) is 2.96. The van der Waals surface area contributed by atoms with Gasteiger partial charge in [-0.25, -0.2) is 0 Å². The highest BCUT2D eigenvalue weighted by molar-refractivity contribution is 6.21. The van der Waals surface area contributed by atoms with Gasteiger partial charge in [0, 0.05) is 19.1 Å². The van der Waals surface area contributed by atoms with Gasteiger partial charge in [0.15, 0.2) is 0 Å². The second kappa shape index (κ2) is 7.26. The molecule has 0 aliphatic carbocycles. The lowest BCUT2D eigenvalue weighted by Gasteiger charge is -2.37. The second-order valence-electron chi connectivity index (χ2n) is 7.36. The van der Waals surface area contributed by atoms with Crippen molar-refractivity contribution in [3.8, 4) is 0 Å². The van der Waals surface area contributed by atoms with Crippen molar-refractivity contribution >= 4 is 18.1 Å². The number of hydrogen-bond donors (Lipinski definition) is 0. The molecule has 5 nitrogen and oxygen atoms in total. The third kappa shape index (κ3) is 3.73. The molecule has 5 heteroatoms. The fraction of sp³-hybridized carbons (Fsp3) is 0.526. The minimum Gasteiger partial charge on any atom is -0.302 e. The van der Waals surface area contributed by atoms with Crippen molar-refractivity contribution in [2.45, 2.75) is 40.2 Å². The summed E-state index contributed by atoms with van der Waals surface area (Å²) in [4.78, 5) is 39.0. The molecule has 1 unspecified atom stereocenters. The standard InChI is InChI=1S/C19H26N2O3/c1-14(19(2,3)4)20(12-13-22)10-7-11-21-17(23)15-8-5-6-9-16(15)18(21)24/h5-6,8-9,13-14H,7,10-12H2,1-4H3. The van der Waals surface area contributed by atoms with Crippen LogP contribution in [0.3, 0.4) is 0 Å². The Morgan fingerprint density at radius 3 is 2.12 bits per heavy atom. The van der Waals surface area contributed by atoms with E-state index in [0.717, 1.165) is 6.29 Å². The lowest BCUT2D eigenvalue weighted by molar-refractivity contribution is -0.109. The molecule has 24 heavy (non-hydrogen) atoms. The number of rotatable bonds is 7. The zero-order valence-electron chi connectivity index (χ0n) is 14.9. The number of carbonyl (C=O) groups excluding carboxylic acids is 3. The van der Waals surface area contributed by atoms with E-state index in [1.165, 1.54) is 4.90 Å². The van der Waals surface area contributed by atoms with Crippen LogP contribution in [0, 0.1) is 5.41 Å². The van der Waals surface area contributed by atoms with Crippen LogP contribution in [0.1, 0.15) is 54.8 Å². The van der Waals surface area contributed by atoms with Gasteiger partial charge in [-0.15, -0.1) is 0 Å². The first-order valence-electron chi connectivity index (χ1n) is 8.40. The van der Waals surface area contributed by atoms with Crippen LogP contribution in [-0.4, -0.2) is 53.6 Å². The number of aldehydes is 1. The van der Waals surface area contributed by atoms with Crippen LogP contribution in [-0.2, 0) is 4.79 Å². The Bertz CT molecular complexity index is 599. The average molecular weight is 330 g/mol. The van der Waals surface area contributed by atoms with Crippen LogP contribution in [0.5, 0.6) is 0 Å². The Kier molecular flexibility index (Phi) is 5.54. The smallest absolute Gasteiger partial charge is 0.261 e. The van der Waals surface area contributed by atoms with Gasteiger partial charge in [0.2, 0.25) is 0 Å². The number of fused-ring (bicyclic) bond motifs is 1. The van der Waals surface area contributed by atoms with Gasteiger partial charge in [-0.1, -0.05) is 32.9 Å². The van der Waals surface area contributed by atoms with E-state index >= 15 is 0 Å². The van der Waals surface area contributed by atoms with E-state index in [2.05, 4.69) is 32.6 Å². The van der Waals surface area contributed by atoms with Gasteiger partial charge in [0.25, 0.3) is 11.8 Å². The van der Waals surface area contributed by atoms with Crippen LogP contribution in [0.4, 0.5) is 0 Å². The van der Waals surface area contributed by atoms with Gasteiger partial charge >= 0.3 is 0 Å². The average Bonchev–Trinajstić information content (AvgIpc) is 2.78. The molecule has 1 aromatic rings. The van der Waals surface area contributed by atoms with Crippen LogP contribution in [0.25, 0.3) is 0 Å². The van der Waals surface area contributed by atoms with Crippen molar-refractivity contribution in [3.63, 3.8) is 0 Å². The Balaban J connectivity index is 1.97. The predicted molar refractivity (Wildman–Crippen MR) is 93.0 cm³/mol. The quantitative estimate of drug-likeness (QED) is 0.569. The lowest BCUT2D eigenvalue weighted by Crippen LogP contribution is -2.44. The molecule has 0 spiro atoms. The summed E-state index contributed by atoms with van der Waals surface area (Å²) in [7, 11) is 0. The number of benzene rings is 1. The summed E-state index contributed by atoms with van der Waals surface area (Å²) in [5.41, 5.74) is 1.02. The van der Waals surface area contributed by atoms with Crippen molar-refractivity contribution < 1.29 is 14.4 Å². The van der Waals surface area contributed by atoms with E-state index in [9.17, 15) is 14.4 Å². The molecule has 1 aliphatic heterocycles. The van der Waals surface area contributed by atoms with Gasteiger partial charge in [-0.2, -0.15) is 0 Å². The van der Waals surface area contributed by atoms with E-state index in [0.29, 0.717) is 37.2 Å². The normalized spacial score (nSPS) is 15.8. The number of hydrogen-bond acceptors (Lipinski definition) is 4. The molecule has 0 radical (unpaired) electrons. The Morgan fingerprint density at radius 2 is 1.67 bits per heavy atom. The highest BCUT2D eigenvalue weighted by Crippen LogP contribution is 2.25. The second-order valence-corrected chi connectivity index (χ2v) is 7.36. The SMILES string of the molecule is CC(N(CC=O)CCCN1C(=O)c2ccccc2C1=O)C(C)(C)C. The van der Waals surface area contributed by atoms with Crippen LogP contribution < -0.4 is 0 Å². The fourth-order valence-electron chi connectivity index (χ4n) is 2.96. The summed E-state index contributed by atoms with van der Waals surface area (Å²) >= 11 is 0. The number of imide groups is 1. The van der Waals surface area contributed by atoms with Crippen LogP contribution in [0.15, 0.2) is 24.3 Å². The Labute approximate surface area is 143 Å². The summed E-state index contributed by atoms with van der Waals surface area (Å²) in [6.07, 6.45) is 1.56. The molecule has 130 valence electrons. The van der Waals surface area contributed by atoms with Crippen molar-refractivity contribution in [2.75, 3.05) is 19.6 Å². The molecule has 2 rings (SSSR count). The van der Waals surface area contributed by atoms with Crippen LogP contribution >= 0.6 is 0 Å². The third-order valence-electron chi connectivity index (χ3n) is 4.82. The van der Waals surface area contributed by atoms with Crippen molar-refractivity contribution in [1.82, 2.24) is 9.80 Å². The molecule has 1 atom stereocenters. The van der Waals surface area contributed by atoms with E-state index in [4.69, 9.17) is 0 Å². The first kappa shape index (κ1) is 18.3. The van der Waals surface area contributed by atoms with E-state index in [-0.39, 0.29) is 23.3 Å². The number of nitrogens with zero attached hydrogens (tertiary/aromatic N) is 2. The topological polar surface area (TPSA) is 57.7 Å². The lowest BCUT2D eigenvalue weighted by atomic mass is 9.87. The molecule has 2 amide bonds. The molecule has 0 saturated carbocycles. The molecule has 1 aromatic carbocycles. The summed E-state index contributed by atoms with van der Waals surface area (Å²) < 4.78 is 0. The molecule has 0 saturated heterocycles.